The van der Waals surface area contributed by atoms with E-state index >= 15 is 0 Å². The molecule has 1 heteroatoms. The van der Waals surface area contributed by atoms with Crippen molar-refractivity contribution >= 4 is 0 Å². The van der Waals surface area contributed by atoms with E-state index in [9.17, 15) is 5.11 Å². The lowest BCUT2D eigenvalue weighted by molar-refractivity contribution is -0.0194. The van der Waals surface area contributed by atoms with Crippen LogP contribution < -0.4 is 0 Å². The Hall–Kier alpha value is -0.560. The van der Waals surface area contributed by atoms with Crippen molar-refractivity contribution in [3.63, 3.8) is 0 Å². The summed E-state index contributed by atoms with van der Waals surface area (Å²) in [5.74, 6) is 5.09. The van der Waals surface area contributed by atoms with Gasteiger partial charge in [0.15, 0.2) is 0 Å². The standard InChI is InChI=1S/C34H58O/c1-7-26(24(2)3)18-17-25(4)27-12-10-16-31-30-14-11-13-28-22-29(35)19-21-34(28,6)32(30)15-8-9-20-33(31,5)23-27/h7,13,24-25,27,29-32,35H,8-12,14-23H2,1-6H3/b26-7+/t25-,27+,29+,30+,31+,32+,33-,34+/m1/s1. The normalized spacial score (nSPS) is 41.9. The van der Waals surface area contributed by atoms with Crippen molar-refractivity contribution in [1.82, 2.24) is 0 Å². The van der Waals surface area contributed by atoms with E-state index in [4.69, 9.17) is 0 Å². The number of allylic oxidation sites excluding steroid dienone is 3. The first kappa shape index (κ1) is 27.5. The molecule has 0 aromatic rings. The molecule has 3 fully saturated rings. The maximum atomic E-state index is 10.5. The van der Waals surface area contributed by atoms with Crippen molar-refractivity contribution in [3.05, 3.63) is 23.3 Å². The molecule has 0 aromatic carbocycles. The first-order chi connectivity index (χ1) is 16.7. The highest BCUT2D eigenvalue weighted by Crippen LogP contribution is 2.61. The zero-order valence-electron chi connectivity index (χ0n) is 24.2. The molecule has 200 valence electrons. The lowest BCUT2D eigenvalue weighted by Gasteiger charge is -2.53. The number of aliphatic hydroxyl groups excluding tert-OH is 1. The van der Waals surface area contributed by atoms with Crippen LogP contribution in [0.3, 0.4) is 0 Å². The van der Waals surface area contributed by atoms with Gasteiger partial charge in [-0.1, -0.05) is 83.6 Å². The van der Waals surface area contributed by atoms with Gasteiger partial charge in [-0.2, -0.15) is 0 Å². The maximum Gasteiger partial charge on any atom is 0.0577 e. The summed E-state index contributed by atoms with van der Waals surface area (Å²) < 4.78 is 0. The van der Waals surface area contributed by atoms with Gasteiger partial charge >= 0.3 is 0 Å². The van der Waals surface area contributed by atoms with Gasteiger partial charge in [0.25, 0.3) is 0 Å². The molecule has 0 heterocycles. The van der Waals surface area contributed by atoms with E-state index in [1.165, 1.54) is 83.5 Å². The van der Waals surface area contributed by atoms with Gasteiger partial charge < -0.3 is 5.11 Å². The fourth-order valence-electron chi connectivity index (χ4n) is 9.69. The summed E-state index contributed by atoms with van der Waals surface area (Å²) in [4.78, 5) is 0. The van der Waals surface area contributed by atoms with Gasteiger partial charge in [-0.25, -0.2) is 0 Å². The van der Waals surface area contributed by atoms with Gasteiger partial charge in [0.2, 0.25) is 0 Å². The molecule has 35 heavy (non-hydrogen) atoms. The Morgan fingerprint density at radius 2 is 1.77 bits per heavy atom. The van der Waals surface area contributed by atoms with E-state index in [1.807, 2.05) is 0 Å². The van der Waals surface area contributed by atoms with Gasteiger partial charge in [-0.3, -0.25) is 0 Å². The quantitative estimate of drug-likeness (QED) is 0.386. The van der Waals surface area contributed by atoms with Gasteiger partial charge in [-0.05, 0) is 124 Å². The monoisotopic (exact) mass is 482 g/mol. The summed E-state index contributed by atoms with van der Waals surface area (Å²) in [6, 6.07) is 0. The van der Waals surface area contributed by atoms with E-state index < -0.39 is 0 Å². The third-order valence-corrected chi connectivity index (χ3v) is 12.0. The summed E-state index contributed by atoms with van der Waals surface area (Å²) in [6.45, 7) is 14.9. The van der Waals surface area contributed by atoms with Crippen LogP contribution >= 0.6 is 0 Å². The molecule has 4 aliphatic rings. The molecule has 0 radical (unpaired) electrons. The molecule has 8 atom stereocenters. The summed E-state index contributed by atoms with van der Waals surface area (Å²) in [5.41, 5.74) is 4.17. The van der Waals surface area contributed by atoms with Crippen LogP contribution in [0, 0.1) is 46.3 Å². The molecule has 0 aliphatic heterocycles. The van der Waals surface area contributed by atoms with E-state index in [-0.39, 0.29) is 6.10 Å². The highest BCUT2D eigenvalue weighted by atomic mass is 16.3. The molecule has 0 unspecified atom stereocenters. The van der Waals surface area contributed by atoms with Crippen molar-refractivity contribution in [1.29, 1.82) is 0 Å². The maximum absolute atomic E-state index is 10.5. The minimum Gasteiger partial charge on any atom is -0.393 e. The molecule has 0 aromatic heterocycles. The van der Waals surface area contributed by atoms with E-state index in [2.05, 4.69) is 53.7 Å². The van der Waals surface area contributed by atoms with E-state index in [1.54, 1.807) is 11.1 Å². The van der Waals surface area contributed by atoms with Crippen molar-refractivity contribution < 1.29 is 5.11 Å². The molecule has 1 nitrogen and oxygen atoms in total. The van der Waals surface area contributed by atoms with Crippen LogP contribution in [0.1, 0.15) is 138 Å². The SMILES string of the molecule is C/C=C(\CC[C@@H](C)[C@H]1CCC[C@H]2[C@@H]3CCC=C4C[C@@H](O)CC[C@]4(C)[C@H]3CCCC[C@]2(C)C1)C(C)C. The van der Waals surface area contributed by atoms with Crippen molar-refractivity contribution in [2.75, 3.05) is 0 Å². The minimum absolute atomic E-state index is 0.0939. The Morgan fingerprint density at radius 3 is 2.51 bits per heavy atom. The average molecular weight is 483 g/mol. The van der Waals surface area contributed by atoms with E-state index in [0.717, 1.165) is 42.4 Å². The Labute approximate surface area is 218 Å². The molecule has 0 amide bonds. The second-order valence-corrected chi connectivity index (χ2v) is 14.3. The highest BCUT2D eigenvalue weighted by molar-refractivity contribution is 5.22. The fourth-order valence-corrected chi connectivity index (χ4v) is 9.69. The van der Waals surface area contributed by atoms with Crippen LogP contribution in [0.5, 0.6) is 0 Å². The highest BCUT2D eigenvalue weighted by Gasteiger charge is 2.52. The van der Waals surface area contributed by atoms with Crippen LogP contribution in [0.4, 0.5) is 0 Å². The Bertz CT molecular complexity index is 761. The van der Waals surface area contributed by atoms with Crippen LogP contribution in [-0.4, -0.2) is 11.2 Å². The number of hydrogen-bond acceptors (Lipinski definition) is 1. The third kappa shape index (κ3) is 5.81. The smallest absolute Gasteiger partial charge is 0.0577 e. The Balaban J connectivity index is 1.54. The predicted molar refractivity (Wildman–Crippen MR) is 151 cm³/mol. The first-order valence-corrected chi connectivity index (χ1v) is 15.7. The molecular formula is C34H58O. The van der Waals surface area contributed by atoms with Crippen LogP contribution in [0.15, 0.2) is 23.3 Å². The molecule has 0 saturated heterocycles. The first-order valence-electron chi connectivity index (χ1n) is 15.7. The summed E-state index contributed by atoms with van der Waals surface area (Å²) in [5, 5.41) is 10.5. The van der Waals surface area contributed by atoms with Gasteiger partial charge in [-0.15, -0.1) is 0 Å². The predicted octanol–water partition coefficient (Wildman–Crippen LogP) is 9.90. The van der Waals surface area contributed by atoms with Crippen molar-refractivity contribution in [2.45, 2.75) is 144 Å². The van der Waals surface area contributed by atoms with E-state index in [0.29, 0.717) is 16.7 Å². The number of fused-ring (bicyclic) bond motifs is 5. The molecule has 4 aliphatic carbocycles. The zero-order chi connectivity index (χ0) is 25.2. The number of aliphatic hydroxyl groups is 1. The Kier molecular flexibility index (Phi) is 8.99. The molecule has 0 spiro atoms. The van der Waals surface area contributed by atoms with Crippen LogP contribution in [0.2, 0.25) is 0 Å². The Morgan fingerprint density at radius 1 is 1.00 bits per heavy atom. The lowest BCUT2D eigenvalue weighted by Crippen LogP contribution is -2.45. The van der Waals surface area contributed by atoms with Gasteiger partial charge in [0.1, 0.15) is 0 Å². The van der Waals surface area contributed by atoms with Gasteiger partial charge in [0, 0.05) is 0 Å². The molecule has 0 bridgehead atoms. The van der Waals surface area contributed by atoms with Crippen LogP contribution in [0.25, 0.3) is 0 Å². The fraction of sp³-hybridized carbons (Fsp3) is 0.882. The number of rotatable bonds is 5. The minimum atomic E-state index is -0.0939. The second-order valence-electron chi connectivity index (χ2n) is 14.3. The largest absolute Gasteiger partial charge is 0.393 e. The third-order valence-electron chi connectivity index (χ3n) is 12.0. The van der Waals surface area contributed by atoms with Crippen molar-refractivity contribution in [2.24, 2.45) is 46.3 Å². The topological polar surface area (TPSA) is 20.2 Å². The van der Waals surface area contributed by atoms with Crippen molar-refractivity contribution in [3.8, 4) is 0 Å². The lowest BCUT2D eigenvalue weighted by atomic mass is 9.52. The molecule has 4 rings (SSSR count). The summed E-state index contributed by atoms with van der Waals surface area (Å²) in [6.07, 6.45) is 25.0. The molecule has 1 N–H and O–H groups in total. The summed E-state index contributed by atoms with van der Waals surface area (Å²) >= 11 is 0. The summed E-state index contributed by atoms with van der Waals surface area (Å²) in [7, 11) is 0. The zero-order valence-corrected chi connectivity index (χ0v) is 24.2. The second kappa shape index (κ2) is 11.4. The number of hydrogen-bond donors (Lipinski definition) is 1. The van der Waals surface area contributed by atoms with Gasteiger partial charge in [0.05, 0.1) is 6.10 Å². The molecule has 3 saturated carbocycles. The molecular weight excluding hydrogens is 424 g/mol. The van der Waals surface area contributed by atoms with Crippen LogP contribution in [-0.2, 0) is 0 Å². The average Bonchev–Trinajstić information content (AvgIpc) is 3.05.